The number of hydrogen-bond acceptors (Lipinski definition) is 5. The third-order valence-corrected chi connectivity index (χ3v) is 5.91. The number of ether oxygens (including phenoxy) is 1. The SMILES string of the molecule is CC(c1ccccc1)N1C(=O)OC(Cc2ccccc2)(c2nc(-c3ccccc3)co2)C1=O. The van der Waals surface area contributed by atoms with Gasteiger partial charge in [0.15, 0.2) is 0 Å². The predicted molar refractivity (Wildman–Crippen MR) is 122 cm³/mol. The molecule has 2 amide bonds. The largest absolute Gasteiger partial charge is 0.444 e. The second kappa shape index (κ2) is 8.39. The fourth-order valence-electron chi connectivity index (χ4n) is 4.14. The molecule has 1 saturated heterocycles. The number of carbonyl (C=O) groups excluding carboxylic acids is 2. The van der Waals surface area contributed by atoms with Gasteiger partial charge in [-0.05, 0) is 18.1 Å². The average Bonchev–Trinajstić information content (AvgIpc) is 3.44. The molecule has 0 N–H and O–H groups in total. The molecule has 1 aromatic heterocycles. The lowest BCUT2D eigenvalue weighted by Crippen LogP contribution is -2.41. The highest BCUT2D eigenvalue weighted by atomic mass is 16.6. The molecule has 33 heavy (non-hydrogen) atoms. The Morgan fingerprint density at radius 3 is 2.15 bits per heavy atom. The fourth-order valence-corrected chi connectivity index (χ4v) is 4.14. The molecular weight excluding hydrogens is 416 g/mol. The van der Waals surface area contributed by atoms with Crippen LogP contribution in [0.25, 0.3) is 11.3 Å². The van der Waals surface area contributed by atoms with Crippen LogP contribution in [0.15, 0.2) is 102 Å². The van der Waals surface area contributed by atoms with Crippen LogP contribution in [-0.4, -0.2) is 21.9 Å². The summed E-state index contributed by atoms with van der Waals surface area (Å²) >= 11 is 0. The first-order chi connectivity index (χ1) is 16.1. The highest BCUT2D eigenvalue weighted by Crippen LogP contribution is 2.41. The van der Waals surface area contributed by atoms with E-state index in [4.69, 9.17) is 9.15 Å². The van der Waals surface area contributed by atoms with Gasteiger partial charge in [0.25, 0.3) is 11.5 Å². The summed E-state index contributed by atoms with van der Waals surface area (Å²) in [5.74, 6) is -0.430. The van der Waals surface area contributed by atoms with Gasteiger partial charge in [-0.25, -0.2) is 14.7 Å². The Morgan fingerprint density at radius 1 is 0.879 bits per heavy atom. The van der Waals surface area contributed by atoms with Crippen LogP contribution in [0.2, 0.25) is 0 Å². The molecule has 164 valence electrons. The summed E-state index contributed by atoms with van der Waals surface area (Å²) in [6.45, 7) is 1.80. The minimum atomic E-state index is -1.69. The van der Waals surface area contributed by atoms with Crippen molar-refractivity contribution in [3.63, 3.8) is 0 Å². The zero-order valence-electron chi connectivity index (χ0n) is 18.0. The maximum Gasteiger partial charge on any atom is 0.418 e. The van der Waals surface area contributed by atoms with E-state index in [1.54, 1.807) is 6.92 Å². The van der Waals surface area contributed by atoms with Crippen molar-refractivity contribution in [2.24, 2.45) is 0 Å². The number of nitrogens with zero attached hydrogens (tertiary/aromatic N) is 2. The third kappa shape index (κ3) is 3.69. The fraction of sp³-hybridized carbons (Fsp3) is 0.148. The van der Waals surface area contributed by atoms with Gasteiger partial charge in [-0.1, -0.05) is 91.0 Å². The highest BCUT2D eigenvalue weighted by molar-refractivity contribution is 6.03. The first kappa shape index (κ1) is 20.7. The van der Waals surface area contributed by atoms with E-state index in [-0.39, 0.29) is 12.3 Å². The van der Waals surface area contributed by atoms with Crippen LogP contribution in [-0.2, 0) is 21.6 Å². The number of amides is 2. The molecule has 5 rings (SSSR count). The van der Waals surface area contributed by atoms with E-state index in [1.807, 2.05) is 91.0 Å². The summed E-state index contributed by atoms with van der Waals surface area (Å²) in [6.07, 6.45) is 0.888. The average molecular weight is 438 g/mol. The molecule has 2 unspecified atom stereocenters. The zero-order valence-corrected chi connectivity index (χ0v) is 18.0. The molecule has 4 aromatic rings. The monoisotopic (exact) mass is 438 g/mol. The van der Waals surface area contributed by atoms with E-state index in [0.29, 0.717) is 5.69 Å². The van der Waals surface area contributed by atoms with Gasteiger partial charge in [0.2, 0.25) is 5.89 Å². The molecule has 0 spiro atoms. The lowest BCUT2D eigenvalue weighted by molar-refractivity contribution is -0.140. The van der Waals surface area contributed by atoms with Crippen LogP contribution in [0.4, 0.5) is 4.79 Å². The van der Waals surface area contributed by atoms with Crippen molar-refractivity contribution in [3.8, 4) is 11.3 Å². The molecule has 0 aliphatic carbocycles. The molecule has 0 saturated carbocycles. The highest BCUT2D eigenvalue weighted by Gasteiger charge is 2.59. The Balaban J connectivity index is 1.58. The Bertz CT molecular complexity index is 1270. The molecular formula is C27H22N2O4. The Morgan fingerprint density at radius 2 is 1.48 bits per heavy atom. The molecule has 0 bridgehead atoms. The van der Waals surface area contributed by atoms with Crippen molar-refractivity contribution in [1.82, 2.24) is 9.88 Å². The zero-order chi connectivity index (χ0) is 22.8. The maximum atomic E-state index is 13.9. The van der Waals surface area contributed by atoms with Gasteiger partial charge in [0.1, 0.15) is 12.0 Å². The summed E-state index contributed by atoms with van der Waals surface area (Å²) in [5, 5.41) is 0. The van der Waals surface area contributed by atoms with Crippen molar-refractivity contribution in [2.75, 3.05) is 0 Å². The number of carbonyl (C=O) groups is 2. The summed E-state index contributed by atoms with van der Waals surface area (Å²) in [6, 6.07) is 27.8. The third-order valence-electron chi connectivity index (χ3n) is 5.91. The number of hydrogen-bond donors (Lipinski definition) is 0. The second-order valence-electron chi connectivity index (χ2n) is 8.02. The van der Waals surface area contributed by atoms with E-state index in [0.717, 1.165) is 21.6 Å². The minimum absolute atomic E-state index is 0.0614. The number of aromatic nitrogens is 1. The maximum absolute atomic E-state index is 13.9. The number of benzene rings is 3. The number of rotatable bonds is 6. The van der Waals surface area contributed by atoms with Crippen molar-refractivity contribution in [2.45, 2.75) is 25.0 Å². The van der Waals surface area contributed by atoms with Gasteiger partial charge in [0.05, 0.1) is 6.04 Å². The number of oxazole rings is 1. The topological polar surface area (TPSA) is 72.6 Å². The second-order valence-corrected chi connectivity index (χ2v) is 8.02. The summed E-state index contributed by atoms with van der Waals surface area (Å²) in [7, 11) is 0. The van der Waals surface area contributed by atoms with Gasteiger partial charge in [0, 0.05) is 12.0 Å². The van der Waals surface area contributed by atoms with Gasteiger partial charge >= 0.3 is 6.09 Å². The molecule has 2 atom stereocenters. The van der Waals surface area contributed by atoms with Crippen LogP contribution in [0, 0.1) is 0 Å². The van der Waals surface area contributed by atoms with Crippen LogP contribution < -0.4 is 0 Å². The molecule has 1 fully saturated rings. The van der Waals surface area contributed by atoms with E-state index < -0.39 is 23.6 Å². The van der Waals surface area contributed by atoms with E-state index in [2.05, 4.69) is 4.98 Å². The molecule has 1 aliphatic heterocycles. The lowest BCUT2D eigenvalue weighted by Gasteiger charge is -2.24. The van der Waals surface area contributed by atoms with Crippen LogP contribution in [0.3, 0.4) is 0 Å². The first-order valence-electron chi connectivity index (χ1n) is 10.8. The van der Waals surface area contributed by atoms with Crippen molar-refractivity contribution < 1.29 is 18.7 Å². The van der Waals surface area contributed by atoms with Crippen LogP contribution in [0.5, 0.6) is 0 Å². The predicted octanol–water partition coefficient (Wildman–Crippen LogP) is 5.52. The Labute approximate surface area is 191 Å². The standard InChI is InChI=1S/C27H22N2O4/c1-19(21-13-7-3-8-14-21)29-25(30)27(33-26(29)31,17-20-11-5-2-6-12-20)24-28-23(18-32-24)22-15-9-4-10-16-22/h2-16,18-19H,17H2,1H3. The summed E-state index contributed by atoms with van der Waals surface area (Å²) in [4.78, 5) is 32.7. The van der Waals surface area contributed by atoms with Crippen molar-refractivity contribution >= 4 is 12.0 Å². The van der Waals surface area contributed by atoms with E-state index in [1.165, 1.54) is 6.26 Å². The molecule has 6 nitrogen and oxygen atoms in total. The van der Waals surface area contributed by atoms with Gasteiger partial charge in [-0.2, -0.15) is 0 Å². The Hall–Kier alpha value is -4.19. The van der Waals surface area contributed by atoms with Crippen LogP contribution in [0.1, 0.15) is 30.0 Å². The minimum Gasteiger partial charge on any atom is -0.444 e. The number of imide groups is 1. The van der Waals surface area contributed by atoms with Crippen LogP contribution >= 0.6 is 0 Å². The quantitative estimate of drug-likeness (QED) is 0.396. The lowest BCUT2D eigenvalue weighted by atomic mass is 9.92. The molecule has 6 heteroatoms. The summed E-state index contributed by atoms with van der Waals surface area (Å²) < 4.78 is 11.6. The van der Waals surface area contributed by atoms with E-state index >= 15 is 0 Å². The number of cyclic esters (lactones) is 1. The van der Waals surface area contributed by atoms with E-state index in [9.17, 15) is 9.59 Å². The smallest absolute Gasteiger partial charge is 0.418 e. The van der Waals surface area contributed by atoms with Gasteiger partial charge in [-0.3, -0.25) is 4.79 Å². The van der Waals surface area contributed by atoms with Gasteiger partial charge in [-0.15, -0.1) is 0 Å². The molecule has 2 heterocycles. The van der Waals surface area contributed by atoms with Gasteiger partial charge < -0.3 is 9.15 Å². The Kier molecular flexibility index (Phi) is 5.26. The first-order valence-corrected chi connectivity index (χ1v) is 10.8. The summed E-state index contributed by atoms with van der Waals surface area (Å²) in [5.41, 5.74) is 1.38. The molecule has 1 aliphatic rings. The van der Waals surface area contributed by atoms with Crippen molar-refractivity contribution in [3.05, 3.63) is 114 Å². The normalized spacial score (nSPS) is 18.9. The molecule has 0 radical (unpaired) electrons. The molecule has 3 aromatic carbocycles. The van der Waals surface area contributed by atoms with Crippen molar-refractivity contribution in [1.29, 1.82) is 0 Å².